The van der Waals surface area contributed by atoms with E-state index in [1.165, 1.54) is 0 Å². The Kier molecular flexibility index (Phi) is 8.12. The van der Waals surface area contributed by atoms with E-state index in [2.05, 4.69) is 43.2 Å². The third-order valence-electron chi connectivity index (χ3n) is 2.87. The highest BCUT2D eigenvalue weighted by molar-refractivity contribution is 7.09. The summed E-state index contributed by atoms with van der Waals surface area (Å²) in [5, 5.41) is 7.04. The van der Waals surface area contributed by atoms with Gasteiger partial charge in [0.2, 0.25) is 5.91 Å². The van der Waals surface area contributed by atoms with Gasteiger partial charge in [0.1, 0.15) is 0 Å². The van der Waals surface area contributed by atoms with Crippen LogP contribution in [0.5, 0.6) is 0 Å². The second-order valence-electron chi connectivity index (χ2n) is 6.29. The zero-order valence-corrected chi connectivity index (χ0v) is 14.7. The number of nitrogens with one attached hydrogen (secondary N) is 2. The minimum Gasteiger partial charge on any atom is -0.333 e. The summed E-state index contributed by atoms with van der Waals surface area (Å²) < 4.78 is 0. The second kappa shape index (κ2) is 9.58. The molecule has 1 heterocycles. The maximum absolute atomic E-state index is 12.0. The summed E-state index contributed by atoms with van der Waals surface area (Å²) in [5.74, 6) is 0.711. The lowest BCUT2D eigenvalue weighted by Crippen LogP contribution is -2.45. The number of hydrogen-bond donors (Lipinski definition) is 2. The standard InChI is InChI=1S/C16H27N3O2S/c1-12(2)9-19(10-13(3)4)11-15(20)18-16(21)17-8-14-6-5-7-22-14/h5-7,12-13H,8-11H2,1-4H3,(H2,17,18,20,21). The first-order valence-electron chi connectivity index (χ1n) is 7.69. The van der Waals surface area contributed by atoms with Gasteiger partial charge in [-0.3, -0.25) is 15.0 Å². The number of carbonyl (C=O) groups is 2. The Bertz CT molecular complexity index is 448. The van der Waals surface area contributed by atoms with Crippen LogP contribution in [0.25, 0.3) is 0 Å². The molecule has 1 rings (SSSR count). The van der Waals surface area contributed by atoms with E-state index in [0.29, 0.717) is 18.4 Å². The second-order valence-corrected chi connectivity index (χ2v) is 7.32. The molecule has 0 aliphatic heterocycles. The molecule has 5 nitrogen and oxygen atoms in total. The average molecular weight is 325 g/mol. The fourth-order valence-electron chi connectivity index (χ4n) is 2.23. The van der Waals surface area contributed by atoms with Gasteiger partial charge in [-0.05, 0) is 23.3 Å². The molecule has 124 valence electrons. The van der Waals surface area contributed by atoms with Gasteiger partial charge in [-0.1, -0.05) is 33.8 Å². The van der Waals surface area contributed by atoms with Crippen molar-refractivity contribution in [2.24, 2.45) is 11.8 Å². The number of imide groups is 1. The topological polar surface area (TPSA) is 61.4 Å². The molecule has 1 aromatic heterocycles. The van der Waals surface area contributed by atoms with Gasteiger partial charge in [0.05, 0.1) is 13.1 Å². The quantitative estimate of drug-likeness (QED) is 0.772. The van der Waals surface area contributed by atoms with E-state index < -0.39 is 6.03 Å². The zero-order valence-electron chi connectivity index (χ0n) is 13.9. The predicted octanol–water partition coefficient (Wildman–Crippen LogP) is 2.69. The molecule has 0 saturated carbocycles. The molecule has 3 amide bonds. The van der Waals surface area contributed by atoms with Crippen molar-refractivity contribution in [2.75, 3.05) is 19.6 Å². The first-order chi connectivity index (χ1) is 10.4. The minimum atomic E-state index is -0.438. The van der Waals surface area contributed by atoms with Gasteiger partial charge < -0.3 is 5.32 Å². The number of hydrogen-bond acceptors (Lipinski definition) is 4. The SMILES string of the molecule is CC(C)CN(CC(=O)NC(=O)NCc1cccs1)CC(C)C. The molecule has 0 atom stereocenters. The van der Waals surface area contributed by atoms with Gasteiger partial charge in [-0.15, -0.1) is 11.3 Å². The van der Waals surface area contributed by atoms with Crippen LogP contribution in [0.4, 0.5) is 4.79 Å². The third-order valence-corrected chi connectivity index (χ3v) is 3.75. The van der Waals surface area contributed by atoms with Crippen LogP contribution in [-0.4, -0.2) is 36.5 Å². The van der Waals surface area contributed by atoms with E-state index in [4.69, 9.17) is 0 Å². The van der Waals surface area contributed by atoms with Gasteiger partial charge in [-0.25, -0.2) is 4.79 Å². The predicted molar refractivity (Wildman–Crippen MR) is 90.8 cm³/mol. The van der Waals surface area contributed by atoms with E-state index in [-0.39, 0.29) is 12.5 Å². The van der Waals surface area contributed by atoms with Crippen molar-refractivity contribution < 1.29 is 9.59 Å². The number of nitrogens with zero attached hydrogens (tertiary/aromatic N) is 1. The van der Waals surface area contributed by atoms with Crippen LogP contribution in [0.15, 0.2) is 17.5 Å². The fraction of sp³-hybridized carbons (Fsp3) is 0.625. The smallest absolute Gasteiger partial charge is 0.321 e. The molecule has 0 saturated heterocycles. The largest absolute Gasteiger partial charge is 0.333 e. The first-order valence-corrected chi connectivity index (χ1v) is 8.57. The number of rotatable bonds is 8. The first kappa shape index (κ1) is 18.6. The molecule has 0 bridgehead atoms. The van der Waals surface area contributed by atoms with Crippen LogP contribution in [0.2, 0.25) is 0 Å². The Morgan fingerprint density at radius 1 is 1.18 bits per heavy atom. The third kappa shape index (κ3) is 8.14. The van der Waals surface area contributed by atoms with Gasteiger partial charge in [0.15, 0.2) is 0 Å². The van der Waals surface area contributed by atoms with Crippen molar-refractivity contribution in [3.05, 3.63) is 22.4 Å². The summed E-state index contributed by atoms with van der Waals surface area (Å²) in [6.07, 6.45) is 0. The van der Waals surface area contributed by atoms with Crippen LogP contribution in [0.3, 0.4) is 0 Å². The monoisotopic (exact) mass is 325 g/mol. The minimum absolute atomic E-state index is 0.253. The van der Waals surface area contributed by atoms with E-state index in [0.717, 1.165) is 18.0 Å². The molecule has 0 aromatic carbocycles. The lowest BCUT2D eigenvalue weighted by atomic mass is 10.1. The number of amides is 3. The van der Waals surface area contributed by atoms with E-state index in [9.17, 15) is 9.59 Å². The number of carbonyl (C=O) groups excluding carboxylic acids is 2. The van der Waals surface area contributed by atoms with Crippen LogP contribution in [0.1, 0.15) is 32.6 Å². The summed E-state index contributed by atoms with van der Waals surface area (Å²) in [6.45, 7) is 10.9. The molecule has 0 aliphatic rings. The van der Waals surface area contributed by atoms with Crippen molar-refractivity contribution in [2.45, 2.75) is 34.2 Å². The summed E-state index contributed by atoms with van der Waals surface area (Å²) in [4.78, 5) is 26.8. The molecule has 6 heteroatoms. The van der Waals surface area contributed by atoms with Crippen LogP contribution in [0, 0.1) is 11.8 Å². The zero-order chi connectivity index (χ0) is 16.5. The van der Waals surface area contributed by atoms with Crippen molar-refractivity contribution in [3.8, 4) is 0 Å². The van der Waals surface area contributed by atoms with Gasteiger partial charge in [-0.2, -0.15) is 0 Å². The normalized spacial score (nSPS) is 11.2. The van der Waals surface area contributed by atoms with Crippen LogP contribution >= 0.6 is 11.3 Å². The molecule has 0 spiro atoms. The van der Waals surface area contributed by atoms with Crippen LogP contribution < -0.4 is 10.6 Å². The fourth-order valence-corrected chi connectivity index (χ4v) is 2.87. The molecule has 0 fully saturated rings. The van der Waals surface area contributed by atoms with E-state index in [1.54, 1.807) is 11.3 Å². The Hall–Kier alpha value is -1.40. The maximum Gasteiger partial charge on any atom is 0.321 e. The average Bonchev–Trinajstić information content (AvgIpc) is 2.87. The summed E-state index contributed by atoms with van der Waals surface area (Å²) >= 11 is 1.57. The molecule has 0 radical (unpaired) electrons. The molecule has 22 heavy (non-hydrogen) atoms. The Morgan fingerprint density at radius 2 is 1.82 bits per heavy atom. The Balaban J connectivity index is 2.36. The molecule has 0 unspecified atom stereocenters. The highest BCUT2D eigenvalue weighted by atomic mass is 32.1. The molecular formula is C16H27N3O2S. The number of thiophene rings is 1. The van der Waals surface area contributed by atoms with E-state index >= 15 is 0 Å². The van der Waals surface area contributed by atoms with Gasteiger partial charge in [0.25, 0.3) is 0 Å². The molecule has 0 aliphatic carbocycles. The Morgan fingerprint density at radius 3 is 2.32 bits per heavy atom. The summed E-state index contributed by atoms with van der Waals surface area (Å²) in [6, 6.07) is 3.44. The van der Waals surface area contributed by atoms with Gasteiger partial charge >= 0.3 is 6.03 Å². The van der Waals surface area contributed by atoms with E-state index in [1.807, 2.05) is 17.5 Å². The molecular weight excluding hydrogens is 298 g/mol. The van der Waals surface area contributed by atoms with Crippen molar-refractivity contribution in [3.63, 3.8) is 0 Å². The Labute approximate surface area is 137 Å². The maximum atomic E-state index is 12.0. The number of urea groups is 1. The highest BCUT2D eigenvalue weighted by Crippen LogP contribution is 2.07. The van der Waals surface area contributed by atoms with Crippen LogP contribution in [-0.2, 0) is 11.3 Å². The molecule has 2 N–H and O–H groups in total. The lowest BCUT2D eigenvalue weighted by Gasteiger charge is -2.25. The summed E-state index contributed by atoms with van der Waals surface area (Å²) in [5.41, 5.74) is 0. The summed E-state index contributed by atoms with van der Waals surface area (Å²) in [7, 11) is 0. The van der Waals surface area contributed by atoms with Crippen molar-refractivity contribution in [1.29, 1.82) is 0 Å². The van der Waals surface area contributed by atoms with Gasteiger partial charge in [0, 0.05) is 18.0 Å². The lowest BCUT2D eigenvalue weighted by molar-refractivity contribution is -0.121. The highest BCUT2D eigenvalue weighted by Gasteiger charge is 2.15. The molecule has 1 aromatic rings. The van der Waals surface area contributed by atoms with Crippen molar-refractivity contribution in [1.82, 2.24) is 15.5 Å². The van der Waals surface area contributed by atoms with Crippen molar-refractivity contribution >= 4 is 23.3 Å².